The van der Waals surface area contributed by atoms with Crippen molar-refractivity contribution >= 4 is 39.9 Å². The van der Waals surface area contributed by atoms with Crippen LogP contribution in [0.5, 0.6) is 5.75 Å². The SMILES string of the molecule is CN(C(=O)c1cc(-c2cc3c(cc2C(=O)N2Cc4ccccc4C[C@H]2CN2CCOCC2)CN(S(=O)(=O)CCc2ccccc2)C3)n2c1CCCC2)c1ccc(O)cc1.Cl. The maximum atomic E-state index is 15.5. The van der Waals surface area contributed by atoms with Crippen LogP contribution in [0.2, 0.25) is 0 Å². The molecule has 1 atom stereocenters. The quantitative estimate of drug-likeness (QED) is 0.167. The molecule has 1 fully saturated rings. The number of anilines is 1. The lowest BCUT2D eigenvalue weighted by atomic mass is 9.91. The van der Waals surface area contributed by atoms with E-state index in [9.17, 15) is 18.3 Å². The van der Waals surface area contributed by atoms with Gasteiger partial charge in [-0.05, 0) is 102 Å². The number of ether oxygens (including phenoxy) is 1. The molecule has 60 heavy (non-hydrogen) atoms. The number of benzene rings is 4. The zero-order chi connectivity index (χ0) is 40.7. The van der Waals surface area contributed by atoms with Crippen LogP contribution in [0.15, 0.2) is 97.1 Å². The number of aryl methyl sites for hydroxylation is 1. The second-order valence-corrected chi connectivity index (χ2v) is 18.4. The highest BCUT2D eigenvalue weighted by Crippen LogP contribution is 2.39. The van der Waals surface area contributed by atoms with Crippen molar-refractivity contribution in [3.05, 3.63) is 142 Å². The number of rotatable bonds is 10. The number of hydrogen-bond donors (Lipinski definition) is 1. The number of carbonyl (C=O) groups is 2. The van der Waals surface area contributed by atoms with E-state index in [2.05, 4.69) is 27.7 Å². The van der Waals surface area contributed by atoms with E-state index in [-0.39, 0.29) is 54.9 Å². The molecule has 9 rings (SSSR count). The fourth-order valence-corrected chi connectivity index (χ4v) is 10.7. The van der Waals surface area contributed by atoms with Crippen LogP contribution in [0.25, 0.3) is 11.3 Å². The third-order valence-corrected chi connectivity index (χ3v) is 14.4. The van der Waals surface area contributed by atoms with Crippen molar-refractivity contribution < 1.29 is 27.9 Å². The van der Waals surface area contributed by atoms with Gasteiger partial charge in [-0.3, -0.25) is 14.5 Å². The number of hydrogen-bond acceptors (Lipinski definition) is 7. The molecule has 0 radical (unpaired) electrons. The Kier molecular flexibility index (Phi) is 12.2. The minimum absolute atomic E-state index is 0. The van der Waals surface area contributed by atoms with Crippen molar-refractivity contribution in [2.75, 3.05) is 50.5 Å². The lowest BCUT2D eigenvalue weighted by Gasteiger charge is -2.40. The number of amides is 2. The van der Waals surface area contributed by atoms with Gasteiger partial charge in [-0.15, -0.1) is 12.4 Å². The van der Waals surface area contributed by atoms with Gasteiger partial charge in [0.15, 0.2) is 0 Å². The summed E-state index contributed by atoms with van der Waals surface area (Å²) in [5.74, 6) is -0.150. The average Bonchev–Trinajstić information content (AvgIpc) is 3.88. The first-order valence-electron chi connectivity index (χ1n) is 20.8. The molecule has 4 aliphatic rings. The van der Waals surface area contributed by atoms with E-state index in [1.54, 1.807) is 40.5 Å². The maximum absolute atomic E-state index is 15.5. The number of phenols is 1. The van der Waals surface area contributed by atoms with E-state index < -0.39 is 10.0 Å². The van der Waals surface area contributed by atoms with Crippen molar-refractivity contribution in [3.8, 4) is 17.0 Å². The predicted octanol–water partition coefficient (Wildman–Crippen LogP) is 6.68. The Morgan fingerprint density at radius 1 is 0.800 bits per heavy atom. The summed E-state index contributed by atoms with van der Waals surface area (Å²) in [5.41, 5.74) is 9.25. The fraction of sp³-hybridized carbons (Fsp3) is 0.362. The molecule has 4 aromatic carbocycles. The van der Waals surface area contributed by atoms with Crippen molar-refractivity contribution in [2.24, 2.45) is 0 Å². The largest absolute Gasteiger partial charge is 0.508 e. The molecule has 314 valence electrons. The molecule has 4 aliphatic heterocycles. The van der Waals surface area contributed by atoms with Gasteiger partial charge < -0.3 is 24.2 Å². The Hall–Kier alpha value is -4.98. The highest BCUT2D eigenvalue weighted by molar-refractivity contribution is 7.89. The van der Waals surface area contributed by atoms with Crippen LogP contribution in [-0.4, -0.2) is 95.7 Å². The fourth-order valence-electron chi connectivity index (χ4n) is 9.31. The number of morpholine rings is 1. The second-order valence-electron chi connectivity index (χ2n) is 16.3. The monoisotopic (exact) mass is 849 g/mol. The Labute approximate surface area is 358 Å². The van der Waals surface area contributed by atoms with Crippen LogP contribution >= 0.6 is 12.4 Å². The molecular formula is C47H52ClN5O6S. The Balaban J connectivity index is 0.00000499. The van der Waals surface area contributed by atoms with Crippen molar-refractivity contribution in [1.29, 1.82) is 0 Å². The second kappa shape index (κ2) is 17.6. The molecule has 2 amide bonds. The van der Waals surface area contributed by atoms with E-state index in [0.29, 0.717) is 49.5 Å². The standard InChI is InChI=1S/C47H51N5O6S.ClH/c1-48(38-14-16-40(53)17-15-38)46(54)43-28-45(51-19-8-7-13-44(43)51)41-26-36-29-50(59(56,57)24-18-33-9-3-2-4-10-33)30-37(36)27-42(41)47(55)52-31-35-12-6-5-11-34(35)25-39(52)32-49-20-22-58-23-21-49;/h2-6,9-12,14-17,26-28,39,53H,7-8,13,18-25,29-32H2,1H3;1H/t39-;/m0./s1. The third kappa shape index (κ3) is 8.36. The number of halogens is 1. The summed E-state index contributed by atoms with van der Waals surface area (Å²) in [4.78, 5) is 35.8. The molecule has 5 heterocycles. The van der Waals surface area contributed by atoms with E-state index in [0.717, 1.165) is 84.5 Å². The third-order valence-electron chi connectivity index (χ3n) is 12.6. The number of phenolic OH excluding ortho intramolecular Hbond substituents is 1. The van der Waals surface area contributed by atoms with E-state index in [4.69, 9.17) is 4.74 Å². The highest BCUT2D eigenvalue weighted by atomic mass is 35.5. The molecule has 0 unspecified atom stereocenters. The molecule has 11 nitrogen and oxygen atoms in total. The molecule has 0 saturated carbocycles. The van der Waals surface area contributed by atoms with Crippen LogP contribution in [0, 0.1) is 0 Å². The Morgan fingerprint density at radius 3 is 2.25 bits per heavy atom. The molecular weight excluding hydrogens is 798 g/mol. The maximum Gasteiger partial charge on any atom is 0.259 e. The molecule has 0 bridgehead atoms. The molecule has 1 N–H and O–H groups in total. The molecule has 0 aliphatic carbocycles. The van der Waals surface area contributed by atoms with Gasteiger partial charge in [-0.25, -0.2) is 8.42 Å². The van der Waals surface area contributed by atoms with Gasteiger partial charge >= 0.3 is 0 Å². The lowest BCUT2D eigenvalue weighted by molar-refractivity contribution is 0.0193. The van der Waals surface area contributed by atoms with Gasteiger partial charge in [0.1, 0.15) is 5.75 Å². The van der Waals surface area contributed by atoms with Gasteiger partial charge in [-0.2, -0.15) is 4.31 Å². The number of aromatic hydroxyl groups is 1. The molecule has 1 saturated heterocycles. The Bertz CT molecular complexity index is 2490. The summed E-state index contributed by atoms with van der Waals surface area (Å²) in [6.45, 7) is 5.25. The van der Waals surface area contributed by atoms with Gasteiger partial charge in [-0.1, -0.05) is 54.6 Å². The summed E-state index contributed by atoms with van der Waals surface area (Å²) in [6.07, 6.45) is 3.74. The van der Waals surface area contributed by atoms with Gasteiger partial charge in [0, 0.05) is 87.1 Å². The van der Waals surface area contributed by atoms with Crippen LogP contribution in [0.4, 0.5) is 5.69 Å². The first-order chi connectivity index (χ1) is 28.6. The van der Waals surface area contributed by atoms with E-state index >= 15 is 4.79 Å². The van der Waals surface area contributed by atoms with Crippen LogP contribution < -0.4 is 4.90 Å². The van der Waals surface area contributed by atoms with Crippen LogP contribution in [0.3, 0.4) is 0 Å². The highest BCUT2D eigenvalue weighted by Gasteiger charge is 2.37. The van der Waals surface area contributed by atoms with Gasteiger partial charge in [0.2, 0.25) is 10.0 Å². The predicted molar refractivity (Wildman–Crippen MR) is 235 cm³/mol. The van der Waals surface area contributed by atoms with Crippen LogP contribution in [0.1, 0.15) is 67.1 Å². The number of fused-ring (bicyclic) bond motifs is 3. The zero-order valence-electron chi connectivity index (χ0n) is 34.0. The van der Waals surface area contributed by atoms with Crippen molar-refractivity contribution in [1.82, 2.24) is 18.7 Å². The molecule has 13 heteroatoms. The summed E-state index contributed by atoms with van der Waals surface area (Å²) < 4.78 is 37.2. The number of carbonyl (C=O) groups excluding carboxylic acids is 2. The van der Waals surface area contributed by atoms with Crippen LogP contribution in [-0.2, 0) is 60.2 Å². The van der Waals surface area contributed by atoms with Crippen molar-refractivity contribution in [3.63, 3.8) is 0 Å². The average molecular weight is 850 g/mol. The first-order valence-corrected chi connectivity index (χ1v) is 22.4. The number of aromatic nitrogens is 1. The first kappa shape index (κ1) is 41.7. The van der Waals surface area contributed by atoms with Gasteiger partial charge in [0.25, 0.3) is 11.8 Å². The number of sulfonamides is 1. The summed E-state index contributed by atoms with van der Waals surface area (Å²) >= 11 is 0. The number of nitrogens with zero attached hydrogens (tertiary/aromatic N) is 5. The minimum Gasteiger partial charge on any atom is -0.508 e. The van der Waals surface area contributed by atoms with Crippen molar-refractivity contribution in [2.45, 2.75) is 64.3 Å². The molecule has 0 spiro atoms. The van der Waals surface area contributed by atoms with E-state index in [1.165, 1.54) is 5.56 Å². The summed E-state index contributed by atoms with van der Waals surface area (Å²) in [6, 6.07) is 30.4. The normalized spacial score (nSPS) is 17.9. The smallest absolute Gasteiger partial charge is 0.259 e. The topological polar surface area (TPSA) is 116 Å². The summed E-state index contributed by atoms with van der Waals surface area (Å²) in [7, 11) is -1.89. The zero-order valence-corrected chi connectivity index (χ0v) is 35.6. The molecule has 1 aromatic heterocycles. The van der Waals surface area contributed by atoms with Gasteiger partial charge in [0.05, 0.1) is 24.5 Å². The molecule has 5 aromatic rings. The lowest BCUT2D eigenvalue weighted by Crippen LogP contribution is -2.52. The minimum atomic E-state index is -3.62. The Morgan fingerprint density at radius 2 is 1.50 bits per heavy atom. The van der Waals surface area contributed by atoms with E-state index in [1.807, 2.05) is 59.5 Å². The summed E-state index contributed by atoms with van der Waals surface area (Å²) in [5, 5.41) is 9.91.